The number of aliphatic hydroxyl groups is 1. The van der Waals surface area contributed by atoms with Crippen molar-refractivity contribution in [3.05, 3.63) is 137 Å². The second-order valence-corrected chi connectivity index (χ2v) is 23.0. The first-order valence-corrected chi connectivity index (χ1v) is 27.8. The molecule has 0 saturated carbocycles. The molecule has 4 rings (SSSR count). The Bertz CT molecular complexity index is 2620. The van der Waals surface area contributed by atoms with E-state index in [1.165, 1.54) is 49.4 Å². The highest BCUT2D eigenvalue weighted by molar-refractivity contribution is 6.44. The molecule has 16 nitrogen and oxygen atoms in total. The van der Waals surface area contributed by atoms with E-state index in [0.717, 1.165) is 5.56 Å². The lowest BCUT2D eigenvalue weighted by Crippen LogP contribution is -2.48. The van der Waals surface area contributed by atoms with Crippen molar-refractivity contribution in [2.75, 3.05) is 6.54 Å². The second kappa shape index (κ2) is 35.7. The molecule has 0 radical (unpaired) electrons. The highest BCUT2D eigenvalue weighted by Crippen LogP contribution is 2.28. The predicted molar refractivity (Wildman–Crippen MR) is 315 cm³/mol. The number of Topliss-reactive ketones (excluding diaryl/α,β-unsaturated/α-hetero) is 3. The van der Waals surface area contributed by atoms with Crippen LogP contribution < -0.4 is 16.0 Å². The maximum absolute atomic E-state index is 13.1. The fourth-order valence-electron chi connectivity index (χ4n) is 8.21. The summed E-state index contributed by atoms with van der Waals surface area (Å²) < 4.78 is 0. The van der Waals surface area contributed by atoms with Gasteiger partial charge in [-0.2, -0.15) is 0 Å². The molecule has 0 aliphatic carbocycles. The standard InChI is InChI=1S/C22H26BCl2NO4.C17H24BCl2NO5.C15H20BCl2NO4/c1-14(2)10-16(23(29)30)12-21(27)20(11-15-6-4-3-5-7-15)26-22(28)18-13-17(24)8-9-19(18)25;1-9(2)6-11(18(25)26)7-15(23)16(10(3)22)21-17(24)13-8-12(19)4-5-14(13)20;1-9(2)5-10(16(22)23)6-12(20)8-19-15(21)13-7-11(17)3-4-14(13)18/h3-9,13-14,16,20,29-30H,10-12H2,1-2H3,(H,26,28);4-5,8-11,16,22,25-26H,6-7H2,1-3H3,(H,21,24);3-4,7,9-10,22-23H,5-6,8H2,1-2H3,(H,19,21)/t16-,20+;10-,11-,16+;10-/m111/s1. The SMILES string of the molecule is CC(C)C[C@H](CC(=O)CNC(=O)c1cc(Cl)ccc1Cl)B(O)O.CC(C)C[C@H](CC(=O)[C@@H](NC(=O)c1cc(Cl)ccc1Cl)[C@@H](C)O)B(O)O.CC(C)C[C@H](CC(=O)[C@H](Cc1ccccc1)NC(=O)c1cc(Cl)ccc1Cl)B(O)O. The number of amides is 3. The van der Waals surface area contributed by atoms with Crippen LogP contribution in [0.3, 0.4) is 0 Å². The van der Waals surface area contributed by atoms with Gasteiger partial charge in [0.2, 0.25) is 0 Å². The summed E-state index contributed by atoms with van der Waals surface area (Å²) in [7, 11) is -4.82. The van der Waals surface area contributed by atoms with Gasteiger partial charge in [-0.25, -0.2) is 0 Å². The number of hydrogen-bond acceptors (Lipinski definition) is 13. The minimum atomic E-state index is -1.66. The first-order valence-electron chi connectivity index (χ1n) is 25.5. The van der Waals surface area contributed by atoms with Crippen LogP contribution in [0.15, 0.2) is 84.9 Å². The fraction of sp³-hybridized carbons (Fsp3) is 0.444. The number of carbonyl (C=O) groups is 6. The number of ketones is 3. The van der Waals surface area contributed by atoms with Gasteiger partial charge in [-0.05, 0) is 111 Å². The zero-order chi connectivity index (χ0) is 59.8. The van der Waals surface area contributed by atoms with Crippen molar-refractivity contribution in [1.82, 2.24) is 16.0 Å². The van der Waals surface area contributed by atoms with E-state index in [-0.39, 0.29) is 93.3 Å². The second-order valence-electron chi connectivity index (χ2n) is 20.5. The molecule has 4 aromatic carbocycles. The minimum absolute atomic E-state index is 0.0145. The van der Waals surface area contributed by atoms with Crippen LogP contribution in [-0.4, -0.2) is 116 Å². The molecule has 0 aromatic heterocycles. The molecule has 0 bridgehead atoms. The molecule has 6 atom stereocenters. The van der Waals surface area contributed by atoms with Crippen LogP contribution in [0.5, 0.6) is 0 Å². The van der Waals surface area contributed by atoms with Gasteiger partial charge in [-0.1, -0.05) is 141 Å². The maximum Gasteiger partial charge on any atom is 0.455 e. The van der Waals surface area contributed by atoms with Crippen molar-refractivity contribution in [3.63, 3.8) is 0 Å². The Morgan fingerprint density at radius 1 is 0.481 bits per heavy atom. The first-order chi connectivity index (χ1) is 36.9. The third kappa shape index (κ3) is 26.6. The highest BCUT2D eigenvalue weighted by Gasteiger charge is 2.34. The number of carbonyl (C=O) groups excluding carboxylic acids is 6. The number of rotatable bonds is 27. The van der Waals surface area contributed by atoms with Gasteiger partial charge < -0.3 is 51.2 Å². The quantitative estimate of drug-likeness (QED) is 0.0250. The molecule has 10 N–H and O–H groups in total. The van der Waals surface area contributed by atoms with Gasteiger partial charge in [0, 0.05) is 51.8 Å². The molecule has 0 aliphatic rings. The molecule has 4 aromatic rings. The lowest BCUT2D eigenvalue weighted by Gasteiger charge is -2.24. The van der Waals surface area contributed by atoms with E-state index < -0.39 is 80.5 Å². The minimum Gasteiger partial charge on any atom is -0.427 e. The van der Waals surface area contributed by atoms with Crippen molar-refractivity contribution >= 4 is 126 Å². The zero-order valence-corrected chi connectivity index (χ0v) is 49.6. The van der Waals surface area contributed by atoms with Gasteiger partial charge >= 0.3 is 21.4 Å². The smallest absolute Gasteiger partial charge is 0.427 e. The normalized spacial score (nSPS) is 13.3. The van der Waals surface area contributed by atoms with Gasteiger partial charge in [0.15, 0.2) is 17.3 Å². The molecule has 0 unspecified atom stereocenters. The van der Waals surface area contributed by atoms with Gasteiger partial charge in [-0.15, -0.1) is 0 Å². The van der Waals surface area contributed by atoms with Crippen LogP contribution >= 0.6 is 69.6 Å². The lowest BCUT2D eigenvalue weighted by molar-refractivity contribution is -0.123. The first kappa shape index (κ1) is 71.1. The van der Waals surface area contributed by atoms with Crippen LogP contribution in [0.4, 0.5) is 0 Å². The van der Waals surface area contributed by atoms with E-state index in [0.29, 0.717) is 34.3 Å². The average Bonchev–Trinajstić information content (AvgIpc) is 3.36. The van der Waals surface area contributed by atoms with Crippen LogP contribution in [0.2, 0.25) is 47.6 Å². The summed E-state index contributed by atoms with van der Waals surface area (Å²) in [5.41, 5.74) is 1.32. The topological polar surface area (TPSA) is 280 Å². The van der Waals surface area contributed by atoms with Gasteiger partial charge in [0.1, 0.15) is 6.04 Å². The number of hydrogen-bond donors (Lipinski definition) is 10. The maximum atomic E-state index is 13.1. The van der Waals surface area contributed by atoms with Crippen molar-refractivity contribution in [1.29, 1.82) is 0 Å². The third-order valence-corrected chi connectivity index (χ3v) is 13.8. The van der Waals surface area contributed by atoms with E-state index in [1.807, 2.05) is 71.9 Å². The lowest BCUT2D eigenvalue weighted by atomic mass is 9.66. The number of aliphatic hydroxyl groups excluding tert-OH is 1. The Kier molecular flexibility index (Phi) is 32.1. The Hall–Kier alpha value is -4.05. The monoisotopic (exact) mass is 1210 g/mol. The highest BCUT2D eigenvalue weighted by atomic mass is 35.5. The summed E-state index contributed by atoms with van der Waals surface area (Å²) in [5.74, 6) is -3.98. The Labute approximate surface area is 493 Å². The average molecular weight is 1210 g/mol. The van der Waals surface area contributed by atoms with E-state index in [9.17, 15) is 64.0 Å². The van der Waals surface area contributed by atoms with Crippen molar-refractivity contribution in [3.8, 4) is 0 Å². The van der Waals surface area contributed by atoms with Crippen LogP contribution in [-0.2, 0) is 20.8 Å². The number of benzene rings is 4. The summed E-state index contributed by atoms with van der Waals surface area (Å²) >= 11 is 35.7. The zero-order valence-electron chi connectivity index (χ0n) is 45.0. The van der Waals surface area contributed by atoms with Crippen molar-refractivity contribution in [2.24, 2.45) is 17.8 Å². The molecule has 3 amide bonds. The fourth-order valence-corrected chi connectivity index (χ4v) is 9.33. The third-order valence-electron chi connectivity index (χ3n) is 12.1. The molecule has 430 valence electrons. The van der Waals surface area contributed by atoms with E-state index in [4.69, 9.17) is 69.6 Å². The molecule has 0 fully saturated rings. The summed E-state index contributed by atoms with van der Waals surface area (Å²) in [6, 6.07) is 20.6. The van der Waals surface area contributed by atoms with Crippen molar-refractivity contribution < 1.29 is 64.0 Å². The predicted octanol–water partition coefficient (Wildman–Crippen LogP) is 9.08. The molecule has 25 heteroatoms. The molecule has 0 aliphatic heterocycles. The molecule has 79 heavy (non-hydrogen) atoms. The van der Waals surface area contributed by atoms with Crippen LogP contribution in [0.25, 0.3) is 0 Å². The van der Waals surface area contributed by atoms with Gasteiger partial charge in [-0.3, -0.25) is 28.8 Å². The van der Waals surface area contributed by atoms with E-state index in [2.05, 4.69) is 16.0 Å². The van der Waals surface area contributed by atoms with Gasteiger partial charge in [0.05, 0.1) is 50.4 Å². The Morgan fingerprint density at radius 3 is 1.23 bits per heavy atom. The summed E-state index contributed by atoms with van der Waals surface area (Å²) in [4.78, 5) is 74.8. The summed E-state index contributed by atoms with van der Waals surface area (Å²) in [6.45, 7) is 12.7. The number of halogens is 6. The summed E-state index contributed by atoms with van der Waals surface area (Å²) in [5, 5.41) is 76.2. The molecular weight excluding hydrogens is 1140 g/mol. The van der Waals surface area contributed by atoms with Crippen LogP contribution in [0.1, 0.15) is 124 Å². The Balaban J connectivity index is 0.000000409. The summed E-state index contributed by atoms with van der Waals surface area (Å²) in [6.07, 6.45) is 0.266. The van der Waals surface area contributed by atoms with Crippen molar-refractivity contribution in [2.45, 2.75) is 129 Å². The molecule has 0 spiro atoms. The molecular formula is C54H70B3Cl6N3O13. The van der Waals surface area contributed by atoms with Crippen LogP contribution in [0, 0.1) is 17.8 Å². The largest absolute Gasteiger partial charge is 0.455 e. The Morgan fingerprint density at radius 2 is 0.848 bits per heavy atom. The number of nitrogens with one attached hydrogen (secondary N) is 3. The van der Waals surface area contributed by atoms with Gasteiger partial charge in [0.25, 0.3) is 17.7 Å². The van der Waals surface area contributed by atoms with E-state index in [1.54, 1.807) is 12.1 Å². The molecule has 0 heterocycles. The van der Waals surface area contributed by atoms with E-state index >= 15 is 0 Å². The molecule has 0 saturated heterocycles.